The molecule has 4 saturated carbocycles. The second-order valence-corrected chi connectivity index (χ2v) is 15.7. The van der Waals surface area contributed by atoms with Gasteiger partial charge in [0.15, 0.2) is 0 Å². The molecule has 0 N–H and O–H groups in total. The van der Waals surface area contributed by atoms with Crippen molar-refractivity contribution >= 4 is 5.97 Å². The van der Waals surface area contributed by atoms with E-state index >= 15 is 0 Å². The van der Waals surface area contributed by atoms with E-state index in [1.165, 1.54) is 64.2 Å². The highest BCUT2D eigenvalue weighted by Gasteiger charge is 2.60. The SMILES string of the molecule is C=C(COCCN(CC)CC)C(=O)O[C@H]1CC[C@@]2(C)C(CCC3C2CC[C@@]2(C)C3CC[C@@H]2[C@H](C)CCCC(C)C)C1. The minimum atomic E-state index is -0.247. The maximum absolute atomic E-state index is 12.9. The molecule has 0 aromatic carbocycles. The highest BCUT2D eigenvalue weighted by atomic mass is 16.5. The number of likely N-dealkylation sites (N-methyl/N-ethyl adjacent to an activating group) is 1. The first kappa shape index (κ1) is 33.0. The third-order valence-electron chi connectivity index (χ3n) is 13.1. The van der Waals surface area contributed by atoms with Gasteiger partial charge in [0.2, 0.25) is 0 Å². The molecular formula is C37H65NO3. The summed E-state index contributed by atoms with van der Waals surface area (Å²) in [6, 6.07) is 0. The lowest BCUT2D eigenvalue weighted by Gasteiger charge is -2.61. The van der Waals surface area contributed by atoms with Crippen molar-refractivity contribution in [3.63, 3.8) is 0 Å². The Morgan fingerprint density at radius 2 is 1.63 bits per heavy atom. The number of fused-ring (bicyclic) bond motifs is 5. The van der Waals surface area contributed by atoms with E-state index in [0.717, 1.165) is 68.0 Å². The molecule has 0 heterocycles. The first-order valence-corrected chi connectivity index (χ1v) is 17.7. The Labute approximate surface area is 253 Å². The molecule has 4 unspecified atom stereocenters. The monoisotopic (exact) mass is 571 g/mol. The Kier molecular flexibility index (Phi) is 11.5. The van der Waals surface area contributed by atoms with Crippen molar-refractivity contribution < 1.29 is 14.3 Å². The Bertz CT molecular complexity index is 866. The topological polar surface area (TPSA) is 38.8 Å². The van der Waals surface area contributed by atoms with Crippen molar-refractivity contribution in [2.75, 3.05) is 32.8 Å². The molecule has 0 amide bonds. The van der Waals surface area contributed by atoms with Gasteiger partial charge in [-0.05, 0) is 123 Å². The Balaban J connectivity index is 1.28. The number of rotatable bonds is 14. The number of ether oxygens (including phenoxy) is 2. The van der Waals surface area contributed by atoms with Crippen LogP contribution < -0.4 is 0 Å². The Hall–Kier alpha value is -0.870. The predicted molar refractivity (Wildman–Crippen MR) is 171 cm³/mol. The van der Waals surface area contributed by atoms with Gasteiger partial charge in [0.05, 0.1) is 18.8 Å². The minimum Gasteiger partial charge on any atom is -0.459 e. The highest BCUT2D eigenvalue weighted by Crippen LogP contribution is 2.68. The zero-order valence-electron chi connectivity index (χ0n) is 28.0. The Morgan fingerprint density at radius 1 is 0.927 bits per heavy atom. The van der Waals surface area contributed by atoms with Gasteiger partial charge in [0.25, 0.3) is 0 Å². The molecule has 0 saturated heterocycles. The molecule has 0 spiro atoms. The number of nitrogens with zero attached hydrogens (tertiary/aromatic N) is 1. The van der Waals surface area contributed by atoms with Crippen LogP contribution >= 0.6 is 0 Å². The van der Waals surface area contributed by atoms with Crippen molar-refractivity contribution in [3.8, 4) is 0 Å². The quantitative estimate of drug-likeness (QED) is 0.118. The molecule has 0 bridgehead atoms. The van der Waals surface area contributed by atoms with Crippen molar-refractivity contribution in [2.24, 2.45) is 52.3 Å². The third kappa shape index (κ3) is 7.27. The van der Waals surface area contributed by atoms with Crippen LogP contribution in [0.2, 0.25) is 0 Å². The van der Waals surface area contributed by atoms with Crippen LogP contribution in [0.4, 0.5) is 0 Å². The van der Waals surface area contributed by atoms with E-state index in [2.05, 4.69) is 59.9 Å². The Morgan fingerprint density at radius 3 is 2.34 bits per heavy atom. The van der Waals surface area contributed by atoms with Gasteiger partial charge in [0.1, 0.15) is 6.10 Å². The van der Waals surface area contributed by atoms with Crippen molar-refractivity contribution in [3.05, 3.63) is 12.2 Å². The van der Waals surface area contributed by atoms with Gasteiger partial charge in [0, 0.05) is 6.54 Å². The van der Waals surface area contributed by atoms with Crippen molar-refractivity contribution in [1.29, 1.82) is 0 Å². The molecule has 4 heteroatoms. The summed E-state index contributed by atoms with van der Waals surface area (Å²) in [5.74, 6) is 5.77. The molecule has 4 aliphatic carbocycles. The molecule has 236 valence electrons. The first-order valence-electron chi connectivity index (χ1n) is 17.7. The van der Waals surface area contributed by atoms with Gasteiger partial charge in [-0.15, -0.1) is 0 Å². The summed E-state index contributed by atoms with van der Waals surface area (Å²) in [5, 5.41) is 0. The van der Waals surface area contributed by atoms with E-state index in [1.54, 1.807) is 0 Å². The summed E-state index contributed by atoms with van der Waals surface area (Å²) in [6.07, 6.45) is 16.0. The van der Waals surface area contributed by atoms with Gasteiger partial charge in [-0.2, -0.15) is 0 Å². The molecule has 0 aromatic rings. The van der Waals surface area contributed by atoms with Crippen molar-refractivity contribution in [2.45, 2.75) is 132 Å². The first-order chi connectivity index (χ1) is 19.5. The lowest BCUT2D eigenvalue weighted by atomic mass is 9.44. The maximum Gasteiger partial charge on any atom is 0.336 e. The van der Waals surface area contributed by atoms with Crippen LogP contribution in [0.25, 0.3) is 0 Å². The summed E-state index contributed by atoms with van der Waals surface area (Å²) in [4.78, 5) is 15.2. The summed E-state index contributed by atoms with van der Waals surface area (Å²) in [7, 11) is 0. The summed E-state index contributed by atoms with van der Waals surface area (Å²) < 4.78 is 11.8. The van der Waals surface area contributed by atoms with Crippen LogP contribution in [0, 0.1) is 52.3 Å². The molecule has 4 rings (SSSR count). The largest absolute Gasteiger partial charge is 0.459 e. The lowest BCUT2D eigenvalue weighted by Crippen LogP contribution is -2.54. The van der Waals surface area contributed by atoms with Gasteiger partial charge < -0.3 is 14.4 Å². The van der Waals surface area contributed by atoms with Gasteiger partial charge in [-0.25, -0.2) is 4.79 Å². The smallest absolute Gasteiger partial charge is 0.336 e. The normalized spacial score (nSPS) is 37.4. The summed E-state index contributed by atoms with van der Waals surface area (Å²) in [6.45, 7) is 24.8. The van der Waals surface area contributed by atoms with E-state index in [4.69, 9.17) is 9.47 Å². The van der Waals surface area contributed by atoms with Gasteiger partial charge >= 0.3 is 5.97 Å². The number of carbonyl (C=O) groups excluding carboxylic acids is 1. The van der Waals surface area contributed by atoms with E-state index < -0.39 is 0 Å². The zero-order chi connectivity index (χ0) is 29.8. The fourth-order valence-electron chi connectivity index (χ4n) is 10.6. The standard InChI is InChI=1S/C37H65NO3/c1-9-38(10-2)22-23-40-25-28(6)35(39)41-30-18-20-36(7)29(24-30)14-15-31-33-17-16-32(27(5)13-11-12-26(3)4)37(33,8)21-19-34(31)36/h26-27,29-34H,6,9-25H2,1-5,7-8H3/t27-,29?,30+,31?,32-,33?,34?,36+,37-/m1/s1. The maximum atomic E-state index is 12.9. The second-order valence-electron chi connectivity index (χ2n) is 15.7. The average Bonchev–Trinajstić information content (AvgIpc) is 3.30. The number of esters is 1. The summed E-state index contributed by atoms with van der Waals surface area (Å²) >= 11 is 0. The molecule has 4 nitrogen and oxygen atoms in total. The van der Waals surface area contributed by atoms with Gasteiger partial charge in [-0.1, -0.05) is 74.3 Å². The minimum absolute atomic E-state index is 0.0426. The number of hydrogen-bond donors (Lipinski definition) is 0. The highest BCUT2D eigenvalue weighted by molar-refractivity contribution is 5.88. The fourth-order valence-corrected chi connectivity index (χ4v) is 10.6. The third-order valence-corrected chi connectivity index (χ3v) is 13.1. The van der Waals surface area contributed by atoms with Crippen LogP contribution in [0.5, 0.6) is 0 Å². The van der Waals surface area contributed by atoms with Crippen LogP contribution in [-0.2, 0) is 14.3 Å². The molecule has 4 fully saturated rings. The van der Waals surface area contributed by atoms with Crippen LogP contribution in [0.15, 0.2) is 12.2 Å². The number of carbonyl (C=O) groups is 1. The molecule has 4 aliphatic rings. The second kappa shape index (κ2) is 14.3. The molecule has 9 atom stereocenters. The van der Waals surface area contributed by atoms with Crippen molar-refractivity contribution in [1.82, 2.24) is 4.90 Å². The van der Waals surface area contributed by atoms with E-state index in [0.29, 0.717) is 28.9 Å². The average molecular weight is 572 g/mol. The van der Waals surface area contributed by atoms with Crippen LogP contribution in [-0.4, -0.2) is 49.8 Å². The van der Waals surface area contributed by atoms with Crippen LogP contribution in [0.3, 0.4) is 0 Å². The molecule has 0 aromatic heterocycles. The molecule has 41 heavy (non-hydrogen) atoms. The summed E-state index contributed by atoms with van der Waals surface area (Å²) in [5.41, 5.74) is 1.43. The predicted octanol–water partition coefficient (Wildman–Crippen LogP) is 8.93. The number of hydrogen-bond acceptors (Lipinski definition) is 4. The van der Waals surface area contributed by atoms with E-state index in [1.807, 2.05) is 0 Å². The molecular weight excluding hydrogens is 506 g/mol. The van der Waals surface area contributed by atoms with Gasteiger partial charge in [-0.3, -0.25) is 0 Å². The molecule has 0 aliphatic heterocycles. The fraction of sp³-hybridized carbons (Fsp3) is 0.919. The molecule has 0 radical (unpaired) electrons. The van der Waals surface area contributed by atoms with E-state index in [9.17, 15) is 4.79 Å². The lowest BCUT2D eigenvalue weighted by molar-refractivity contribution is -0.159. The zero-order valence-corrected chi connectivity index (χ0v) is 28.0. The van der Waals surface area contributed by atoms with E-state index in [-0.39, 0.29) is 18.7 Å². The van der Waals surface area contributed by atoms with Crippen LogP contribution in [0.1, 0.15) is 126 Å².